The minimum Gasteiger partial charge on any atom is -0.480 e. The lowest BCUT2D eigenvalue weighted by molar-refractivity contribution is -0.149. The molecule has 0 radical (unpaired) electrons. The smallest absolute Gasteiger partial charge is 0.324 e. The molecule has 0 aromatic carbocycles. The molecule has 86 valence electrons. The van der Waals surface area contributed by atoms with Gasteiger partial charge in [-0.15, -0.1) is 0 Å². The first kappa shape index (κ1) is 10.9. The van der Waals surface area contributed by atoms with Crippen LogP contribution in [0.4, 0.5) is 0 Å². The Kier molecular flexibility index (Phi) is 2.51. The predicted octanol–water partition coefficient (Wildman–Crippen LogP) is 0.519. The van der Waals surface area contributed by atoms with Gasteiger partial charge in [-0.25, -0.2) is 0 Å². The fourth-order valence-corrected chi connectivity index (χ4v) is 3.11. The van der Waals surface area contributed by atoms with Gasteiger partial charge in [-0.3, -0.25) is 4.79 Å². The van der Waals surface area contributed by atoms with Crippen molar-refractivity contribution >= 4 is 5.97 Å². The van der Waals surface area contributed by atoms with Crippen molar-refractivity contribution in [1.82, 2.24) is 4.90 Å². The van der Waals surface area contributed by atoms with Crippen molar-refractivity contribution in [2.45, 2.75) is 38.3 Å². The van der Waals surface area contributed by atoms with E-state index in [1.165, 1.54) is 0 Å². The van der Waals surface area contributed by atoms with Crippen molar-refractivity contribution in [3.8, 4) is 0 Å². The largest absolute Gasteiger partial charge is 0.480 e. The van der Waals surface area contributed by atoms with E-state index in [9.17, 15) is 9.90 Å². The molecule has 2 unspecified atom stereocenters. The van der Waals surface area contributed by atoms with E-state index in [0.717, 1.165) is 25.9 Å². The Labute approximate surface area is 90.4 Å². The number of carboxylic acids is 1. The fourth-order valence-electron chi connectivity index (χ4n) is 3.11. The van der Waals surface area contributed by atoms with Gasteiger partial charge in [0.15, 0.2) is 0 Å². The highest BCUT2D eigenvalue weighted by molar-refractivity contribution is 5.80. The summed E-state index contributed by atoms with van der Waals surface area (Å²) >= 11 is 0. The van der Waals surface area contributed by atoms with Crippen LogP contribution < -0.4 is 5.73 Å². The minimum absolute atomic E-state index is 0.135. The Morgan fingerprint density at radius 1 is 1.40 bits per heavy atom. The molecule has 0 aromatic rings. The molecular weight excluding hydrogens is 192 g/mol. The zero-order valence-corrected chi connectivity index (χ0v) is 9.44. The number of hydrogen-bond acceptors (Lipinski definition) is 3. The second kappa shape index (κ2) is 3.46. The van der Waals surface area contributed by atoms with Gasteiger partial charge in [0.25, 0.3) is 0 Å². The van der Waals surface area contributed by atoms with Crippen molar-refractivity contribution in [2.75, 3.05) is 13.1 Å². The molecule has 15 heavy (non-hydrogen) atoms. The molecule has 1 heterocycles. The molecule has 1 aliphatic carbocycles. The van der Waals surface area contributed by atoms with Crippen LogP contribution in [0.15, 0.2) is 0 Å². The summed E-state index contributed by atoms with van der Waals surface area (Å²) in [5.41, 5.74) is 5.13. The molecule has 3 N–H and O–H groups in total. The second-order valence-corrected chi connectivity index (χ2v) is 5.26. The topological polar surface area (TPSA) is 66.6 Å². The van der Waals surface area contributed by atoms with Crippen LogP contribution in [0, 0.1) is 11.8 Å². The van der Waals surface area contributed by atoms with E-state index in [-0.39, 0.29) is 11.8 Å². The number of likely N-dealkylation sites (tertiary alicyclic amines) is 1. The fraction of sp³-hybridized carbons (Fsp3) is 0.909. The number of rotatable bonds is 2. The number of carbonyl (C=O) groups is 1. The van der Waals surface area contributed by atoms with Crippen molar-refractivity contribution in [1.29, 1.82) is 0 Å². The Bertz CT molecular complexity index is 264. The average Bonchev–Trinajstić information content (AvgIpc) is 2.39. The third-order valence-corrected chi connectivity index (χ3v) is 4.23. The first-order valence-electron chi connectivity index (χ1n) is 5.72. The van der Waals surface area contributed by atoms with Crippen LogP contribution in [0.25, 0.3) is 0 Å². The molecule has 0 aromatic heterocycles. The van der Waals surface area contributed by atoms with Crippen molar-refractivity contribution in [2.24, 2.45) is 17.6 Å². The molecule has 2 bridgehead atoms. The Morgan fingerprint density at radius 3 is 2.20 bits per heavy atom. The zero-order valence-electron chi connectivity index (χ0n) is 9.44. The number of hydrogen-bond donors (Lipinski definition) is 2. The summed E-state index contributed by atoms with van der Waals surface area (Å²) in [7, 11) is 0. The summed E-state index contributed by atoms with van der Waals surface area (Å²) in [5, 5.41) is 9.26. The molecule has 0 amide bonds. The monoisotopic (exact) mass is 212 g/mol. The number of nitrogens with two attached hydrogens (primary N) is 1. The first-order valence-corrected chi connectivity index (χ1v) is 5.72. The molecule has 4 heteroatoms. The summed E-state index contributed by atoms with van der Waals surface area (Å²) in [6.45, 7) is 6.00. The standard InChI is InChI=1S/C11H20N2O2/c1-7(2)13-5-8-3-4-9(6-13)11(8,12)10(14)15/h7-9H,3-6,12H2,1-2H3,(H,14,15). The van der Waals surface area contributed by atoms with Gasteiger partial charge in [0, 0.05) is 31.0 Å². The van der Waals surface area contributed by atoms with Gasteiger partial charge >= 0.3 is 5.97 Å². The zero-order chi connectivity index (χ0) is 11.2. The summed E-state index contributed by atoms with van der Waals surface area (Å²) in [6, 6.07) is 0.492. The van der Waals surface area contributed by atoms with Gasteiger partial charge in [-0.05, 0) is 26.7 Å². The molecule has 1 saturated heterocycles. The van der Waals surface area contributed by atoms with Crippen molar-refractivity contribution < 1.29 is 9.90 Å². The quantitative estimate of drug-likeness (QED) is 0.700. The van der Waals surface area contributed by atoms with E-state index in [1.54, 1.807) is 0 Å². The normalized spacial score (nSPS) is 41.1. The number of aliphatic carboxylic acids is 1. The lowest BCUT2D eigenvalue weighted by Gasteiger charge is -2.44. The number of piperidine rings is 1. The molecule has 1 saturated carbocycles. The van der Waals surface area contributed by atoms with Gasteiger partial charge in [0.2, 0.25) is 0 Å². The molecule has 0 spiro atoms. The Morgan fingerprint density at radius 2 is 1.87 bits per heavy atom. The molecule has 2 atom stereocenters. The lowest BCUT2D eigenvalue weighted by Crippen LogP contribution is -2.64. The minimum atomic E-state index is -0.953. The molecule has 2 fully saturated rings. The van der Waals surface area contributed by atoms with Crippen LogP contribution in [-0.4, -0.2) is 40.6 Å². The molecule has 2 aliphatic rings. The third kappa shape index (κ3) is 1.47. The number of carboxylic acid groups (broad SMARTS) is 1. The molecule has 2 rings (SSSR count). The van der Waals surface area contributed by atoms with E-state index in [2.05, 4.69) is 18.7 Å². The van der Waals surface area contributed by atoms with Crippen LogP contribution in [0.3, 0.4) is 0 Å². The SMILES string of the molecule is CC(C)N1CC2CCC(C1)C2(N)C(=O)O. The molecule has 4 nitrogen and oxygen atoms in total. The van der Waals surface area contributed by atoms with Gasteiger partial charge < -0.3 is 15.7 Å². The molecular formula is C11H20N2O2. The van der Waals surface area contributed by atoms with E-state index in [0.29, 0.717) is 6.04 Å². The lowest BCUT2D eigenvalue weighted by atomic mass is 9.77. The number of nitrogens with zero attached hydrogens (tertiary/aromatic N) is 1. The van der Waals surface area contributed by atoms with Crippen molar-refractivity contribution in [3.05, 3.63) is 0 Å². The Balaban J connectivity index is 2.20. The highest BCUT2D eigenvalue weighted by Gasteiger charge is 2.56. The van der Waals surface area contributed by atoms with Gasteiger partial charge in [-0.2, -0.15) is 0 Å². The van der Waals surface area contributed by atoms with Crippen LogP contribution in [-0.2, 0) is 4.79 Å². The highest BCUT2D eigenvalue weighted by Crippen LogP contribution is 2.44. The summed E-state index contributed by atoms with van der Waals surface area (Å²) < 4.78 is 0. The van der Waals surface area contributed by atoms with E-state index >= 15 is 0 Å². The average molecular weight is 212 g/mol. The van der Waals surface area contributed by atoms with Crippen LogP contribution in [0.5, 0.6) is 0 Å². The maximum absolute atomic E-state index is 11.3. The van der Waals surface area contributed by atoms with E-state index in [1.807, 2.05) is 0 Å². The van der Waals surface area contributed by atoms with Gasteiger partial charge in [0.05, 0.1) is 0 Å². The predicted molar refractivity (Wildman–Crippen MR) is 57.5 cm³/mol. The maximum Gasteiger partial charge on any atom is 0.324 e. The van der Waals surface area contributed by atoms with Crippen LogP contribution in [0.1, 0.15) is 26.7 Å². The second-order valence-electron chi connectivity index (χ2n) is 5.26. The van der Waals surface area contributed by atoms with Crippen LogP contribution >= 0.6 is 0 Å². The summed E-state index contributed by atoms with van der Waals surface area (Å²) in [5.74, 6) is -0.536. The van der Waals surface area contributed by atoms with E-state index < -0.39 is 11.5 Å². The molecule has 1 aliphatic heterocycles. The van der Waals surface area contributed by atoms with Crippen molar-refractivity contribution in [3.63, 3.8) is 0 Å². The first-order chi connectivity index (χ1) is 6.96. The highest BCUT2D eigenvalue weighted by atomic mass is 16.4. The summed E-state index contributed by atoms with van der Waals surface area (Å²) in [4.78, 5) is 13.6. The van der Waals surface area contributed by atoms with Gasteiger partial charge in [-0.1, -0.05) is 0 Å². The summed E-state index contributed by atoms with van der Waals surface area (Å²) in [6.07, 6.45) is 1.94. The number of fused-ring (bicyclic) bond motifs is 2. The maximum atomic E-state index is 11.3. The van der Waals surface area contributed by atoms with E-state index in [4.69, 9.17) is 5.73 Å². The third-order valence-electron chi connectivity index (χ3n) is 4.23. The van der Waals surface area contributed by atoms with Gasteiger partial charge in [0.1, 0.15) is 5.54 Å². The van der Waals surface area contributed by atoms with Crippen LogP contribution in [0.2, 0.25) is 0 Å². The Hall–Kier alpha value is -0.610.